The van der Waals surface area contributed by atoms with Gasteiger partial charge in [-0.1, -0.05) is 6.07 Å². The Bertz CT molecular complexity index is 571. The maximum absolute atomic E-state index is 13.4. The van der Waals surface area contributed by atoms with Crippen LogP contribution in [-0.4, -0.2) is 18.6 Å². The summed E-state index contributed by atoms with van der Waals surface area (Å²) in [7, 11) is 1.87. The van der Waals surface area contributed by atoms with Crippen LogP contribution in [0.4, 0.5) is 4.39 Å². The summed E-state index contributed by atoms with van der Waals surface area (Å²) in [5.41, 5.74) is 3.85. The van der Waals surface area contributed by atoms with Gasteiger partial charge in [-0.25, -0.2) is 9.37 Å². The quantitative estimate of drug-likeness (QED) is 0.885. The van der Waals surface area contributed by atoms with Crippen LogP contribution in [0.5, 0.6) is 5.75 Å². The van der Waals surface area contributed by atoms with Crippen molar-refractivity contribution in [1.82, 2.24) is 10.3 Å². The van der Waals surface area contributed by atoms with Crippen LogP contribution in [-0.2, 0) is 6.42 Å². The lowest BCUT2D eigenvalue weighted by atomic mass is 10.1. The molecule has 0 saturated carbocycles. The lowest BCUT2D eigenvalue weighted by Gasteiger charge is -2.16. The summed E-state index contributed by atoms with van der Waals surface area (Å²) < 4.78 is 19.1. The number of aromatic nitrogens is 1. The zero-order valence-corrected chi connectivity index (χ0v) is 12.8. The Labute approximate surface area is 122 Å². The molecule has 1 N–H and O–H groups in total. The van der Waals surface area contributed by atoms with Crippen LogP contribution in [0.3, 0.4) is 0 Å². The average molecular weight is 294 g/mol. The molecule has 0 radical (unpaired) electrons. The van der Waals surface area contributed by atoms with Gasteiger partial charge in [-0.3, -0.25) is 0 Å². The monoisotopic (exact) mass is 294 g/mol. The Morgan fingerprint density at radius 1 is 1.45 bits per heavy atom. The molecular formula is C15H19FN2OS. The number of halogens is 1. The van der Waals surface area contributed by atoms with Crippen molar-refractivity contribution in [2.45, 2.75) is 26.3 Å². The highest BCUT2D eigenvalue weighted by atomic mass is 32.1. The number of rotatable bonds is 6. The third-order valence-corrected chi connectivity index (χ3v) is 4.30. The summed E-state index contributed by atoms with van der Waals surface area (Å²) in [5.74, 6) is 0.329. The lowest BCUT2D eigenvalue weighted by molar-refractivity contribution is 0.314. The Morgan fingerprint density at radius 2 is 2.25 bits per heavy atom. The van der Waals surface area contributed by atoms with Gasteiger partial charge in [-0.05, 0) is 27.0 Å². The minimum atomic E-state index is -0.277. The molecule has 0 bridgehead atoms. The Morgan fingerprint density at radius 3 is 2.90 bits per heavy atom. The molecule has 5 heteroatoms. The Hall–Kier alpha value is -1.46. The average Bonchev–Trinajstić information content (AvgIpc) is 2.84. The number of ether oxygens (including phenoxy) is 1. The summed E-state index contributed by atoms with van der Waals surface area (Å²) >= 11 is 1.63. The molecule has 1 heterocycles. The molecule has 3 nitrogen and oxygen atoms in total. The largest absolute Gasteiger partial charge is 0.493 e. The Balaban J connectivity index is 2.04. The molecule has 0 aliphatic heterocycles. The number of hydrogen-bond donors (Lipinski definition) is 1. The van der Waals surface area contributed by atoms with E-state index in [2.05, 4.69) is 10.3 Å². The Kier molecular flexibility index (Phi) is 5.09. The smallest absolute Gasteiger partial charge is 0.126 e. The topological polar surface area (TPSA) is 34.1 Å². The third kappa shape index (κ3) is 3.55. The second-order valence-electron chi connectivity index (χ2n) is 4.65. The van der Waals surface area contributed by atoms with E-state index >= 15 is 0 Å². The first-order valence-electron chi connectivity index (χ1n) is 6.60. The molecule has 0 spiro atoms. The summed E-state index contributed by atoms with van der Waals surface area (Å²) in [6.07, 6.45) is 0.792. The fourth-order valence-electron chi connectivity index (χ4n) is 1.97. The van der Waals surface area contributed by atoms with Crippen molar-refractivity contribution in [2.24, 2.45) is 0 Å². The molecule has 108 valence electrons. The summed E-state index contributed by atoms with van der Waals surface area (Å²) in [6.45, 7) is 4.53. The zero-order valence-electron chi connectivity index (χ0n) is 11.9. The first kappa shape index (κ1) is 14.9. The highest BCUT2D eigenvalue weighted by molar-refractivity contribution is 7.09. The maximum atomic E-state index is 13.4. The zero-order chi connectivity index (χ0) is 14.5. The standard InChI is InChI=1S/C15H19FN2OS/c1-10(17-3)13-5-4-12(16)8-14(13)19-7-6-15-11(2)18-9-20-15/h4-5,8-10,17H,6-7H2,1-3H3. The van der Waals surface area contributed by atoms with Gasteiger partial charge < -0.3 is 10.1 Å². The van der Waals surface area contributed by atoms with E-state index < -0.39 is 0 Å². The van der Waals surface area contributed by atoms with Gasteiger partial charge >= 0.3 is 0 Å². The van der Waals surface area contributed by atoms with E-state index in [-0.39, 0.29) is 11.9 Å². The minimum absolute atomic E-state index is 0.121. The SMILES string of the molecule is CNC(C)c1ccc(F)cc1OCCc1scnc1C. The van der Waals surface area contributed by atoms with E-state index in [1.54, 1.807) is 17.4 Å². The summed E-state index contributed by atoms with van der Waals surface area (Å²) in [6, 6.07) is 4.80. The van der Waals surface area contributed by atoms with Crippen LogP contribution in [0.15, 0.2) is 23.7 Å². The molecule has 20 heavy (non-hydrogen) atoms. The van der Waals surface area contributed by atoms with Crippen molar-refractivity contribution in [3.63, 3.8) is 0 Å². The molecule has 0 aliphatic carbocycles. The van der Waals surface area contributed by atoms with Gasteiger partial charge in [0.05, 0.1) is 17.8 Å². The number of nitrogens with zero attached hydrogens (tertiary/aromatic N) is 1. The first-order chi connectivity index (χ1) is 9.61. The molecule has 0 saturated heterocycles. The fourth-order valence-corrected chi connectivity index (χ4v) is 2.73. The second kappa shape index (κ2) is 6.81. The van der Waals surface area contributed by atoms with E-state index in [1.807, 2.05) is 26.4 Å². The fraction of sp³-hybridized carbons (Fsp3) is 0.400. The number of hydrogen-bond acceptors (Lipinski definition) is 4. The van der Waals surface area contributed by atoms with Crippen LogP contribution >= 0.6 is 11.3 Å². The van der Waals surface area contributed by atoms with Crippen molar-refractivity contribution >= 4 is 11.3 Å². The van der Waals surface area contributed by atoms with E-state index in [0.717, 1.165) is 17.7 Å². The van der Waals surface area contributed by atoms with Crippen molar-refractivity contribution < 1.29 is 9.13 Å². The predicted molar refractivity (Wildman–Crippen MR) is 79.9 cm³/mol. The number of aryl methyl sites for hydroxylation is 1. The number of nitrogens with one attached hydrogen (secondary N) is 1. The molecular weight excluding hydrogens is 275 g/mol. The van der Waals surface area contributed by atoms with Crippen molar-refractivity contribution in [3.8, 4) is 5.75 Å². The lowest BCUT2D eigenvalue weighted by Crippen LogP contribution is -2.14. The van der Waals surface area contributed by atoms with E-state index in [1.165, 1.54) is 17.0 Å². The van der Waals surface area contributed by atoms with Crippen LogP contribution in [0.1, 0.15) is 29.1 Å². The van der Waals surface area contributed by atoms with Crippen molar-refractivity contribution in [2.75, 3.05) is 13.7 Å². The van der Waals surface area contributed by atoms with E-state index in [4.69, 9.17) is 4.74 Å². The highest BCUT2D eigenvalue weighted by Crippen LogP contribution is 2.26. The number of thiazole rings is 1. The van der Waals surface area contributed by atoms with Gasteiger partial charge in [0.1, 0.15) is 11.6 Å². The molecule has 2 aromatic rings. The predicted octanol–water partition coefficient (Wildman–Crippen LogP) is 3.49. The molecule has 0 aliphatic rings. The van der Waals surface area contributed by atoms with Crippen LogP contribution in [0, 0.1) is 12.7 Å². The molecule has 0 fully saturated rings. The molecule has 1 unspecified atom stereocenters. The van der Waals surface area contributed by atoms with E-state index in [9.17, 15) is 4.39 Å². The van der Waals surface area contributed by atoms with Crippen molar-refractivity contribution in [1.29, 1.82) is 0 Å². The van der Waals surface area contributed by atoms with Gasteiger partial charge in [0.25, 0.3) is 0 Å². The van der Waals surface area contributed by atoms with Gasteiger partial charge in [0, 0.05) is 29.0 Å². The highest BCUT2D eigenvalue weighted by Gasteiger charge is 2.11. The van der Waals surface area contributed by atoms with Gasteiger partial charge in [0.15, 0.2) is 0 Å². The molecule has 1 aromatic heterocycles. The molecule has 1 aromatic carbocycles. The van der Waals surface area contributed by atoms with Crippen LogP contribution in [0.25, 0.3) is 0 Å². The third-order valence-electron chi connectivity index (χ3n) is 3.31. The second-order valence-corrected chi connectivity index (χ2v) is 5.59. The van der Waals surface area contributed by atoms with Gasteiger partial charge in [-0.15, -0.1) is 11.3 Å². The maximum Gasteiger partial charge on any atom is 0.126 e. The van der Waals surface area contributed by atoms with Crippen molar-refractivity contribution in [3.05, 3.63) is 45.7 Å². The number of benzene rings is 1. The van der Waals surface area contributed by atoms with Gasteiger partial charge in [-0.2, -0.15) is 0 Å². The molecule has 2 rings (SSSR count). The molecule has 0 amide bonds. The summed E-state index contributed by atoms with van der Waals surface area (Å²) in [4.78, 5) is 5.42. The first-order valence-corrected chi connectivity index (χ1v) is 7.48. The van der Waals surface area contributed by atoms with Crippen LogP contribution in [0.2, 0.25) is 0 Å². The van der Waals surface area contributed by atoms with E-state index in [0.29, 0.717) is 12.4 Å². The van der Waals surface area contributed by atoms with Gasteiger partial charge in [0.2, 0.25) is 0 Å². The minimum Gasteiger partial charge on any atom is -0.493 e. The molecule has 1 atom stereocenters. The summed E-state index contributed by atoms with van der Waals surface area (Å²) in [5, 5.41) is 3.14. The normalized spacial score (nSPS) is 12.4. The van der Waals surface area contributed by atoms with Crippen LogP contribution < -0.4 is 10.1 Å².